The van der Waals surface area contributed by atoms with Crippen LogP contribution in [0.3, 0.4) is 0 Å². The number of piperazine rings is 1. The van der Waals surface area contributed by atoms with Gasteiger partial charge >= 0.3 is 0 Å². The van der Waals surface area contributed by atoms with Crippen LogP contribution in [-0.2, 0) is 20.8 Å². The molecule has 162 valence electrons. The largest absolute Gasteiger partial charge is 0.340 e. The Kier molecular flexibility index (Phi) is 6.09. The van der Waals surface area contributed by atoms with Gasteiger partial charge in [-0.25, -0.2) is 0 Å². The number of carbonyl (C=O) groups excluding carboxylic acids is 3. The summed E-state index contributed by atoms with van der Waals surface area (Å²) in [5, 5.41) is 0. The summed E-state index contributed by atoms with van der Waals surface area (Å²) in [6, 6.07) is 5.88. The number of carbonyl (C=O) groups is 3. The lowest BCUT2D eigenvalue weighted by Crippen LogP contribution is -2.50. The topological polar surface area (TPSA) is 64.2 Å². The minimum atomic E-state index is -0.262. The van der Waals surface area contributed by atoms with Crippen molar-refractivity contribution in [2.24, 2.45) is 5.92 Å². The molecule has 1 aromatic rings. The van der Waals surface area contributed by atoms with Crippen molar-refractivity contribution in [1.82, 2.24) is 9.80 Å². The van der Waals surface area contributed by atoms with E-state index in [9.17, 15) is 14.4 Å². The normalized spacial score (nSPS) is 22.0. The second-order valence-electron chi connectivity index (χ2n) is 8.53. The Hall–Kier alpha value is -2.41. The van der Waals surface area contributed by atoms with Crippen molar-refractivity contribution in [3.63, 3.8) is 0 Å². The predicted octanol–water partition coefficient (Wildman–Crippen LogP) is 1.89. The number of anilines is 2. The molecule has 1 atom stereocenters. The van der Waals surface area contributed by atoms with Crippen LogP contribution in [0.4, 0.5) is 11.4 Å². The van der Waals surface area contributed by atoms with Crippen molar-refractivity contribution in [2.45, 2.75) is 39.5 Å². The first-order valence-electron chi connectivity index (χ1n) is 11.3. The van der Waals surface area contributed by atoms with Gasteiger partial charge in [-0.2, -0.15) is 0 Å². The minimum Gasteiger partial charge on any atom is -0.340 e. The molecule has 0 N–H and O–H groups in total. The zero-order valence-corrected chi connectivity index (χ0v) is 18.1. The van der Waals surface area contributed by atoms with Crippen LogP contribution in [0.1, 0.15) is 38.7 Å². The number of amides is 3. The minimum absolute atomic E-state index is 0.0115. The summed E-state index contributed by atoms with van der Waals surface area (Å²) in [5.74, 6) is -0.00891. The molecule has 3 aliphatic heterocycles. The molecular weight excluding hydrogens is 380 g/mol. The molecular formula is C23H32N4O3. The molecule has 3 heterocycles. The van der Waals surface area contributed by atoms with Gasteiger partial charge in [0.2, 0.25) is 17.7 Å². The zero-order valence-electron chi connectivity index (χ0n) is 18.1. The molecule has 0 spiro atoms. The molecule has 7 nitrogen and oxygen atoms in total. The van der Waals surface area contributed by atoms with Crippen LogP contribution >= 0.6 is 0 Å². The Morgan fingerprint density at radius 3 is 2.53 bits per heavy atom. The number of rotatable bonds is 5. The lowest BCUT2D eigenvalue weighted by molar-refractivity contribution is -0.137. The summed E-state index contributed by atoms with van der Waals surface area (Å²) in [4.78, 5) is 45.7. The summed E-state index contributed by atoms with van der Waals surface area (Å²) in [6.07, 6.45) is 2.71. The van der Waals surface area contributed by atoms with Crippen molar-refractivity contribution in [1.29, 1.82) is 0 Å². The van der Waals surface area contributed by atoms with E-state index in [4.69, 9.17) is 0 Å². The lowest BCUT2D eigenvalue weighted by Gasteiger charge is -2.35. The fraction of sp³-hybridized carbons (Fsp3) is 0.609. The molecule has 7 heteroatoms. The molecule has 0 aliphatic carbocycles. The van der Waals surface area contributed by atoms with Crippen LogP contribution in [0.2, 0.25) is 0 Å². The quantitative estimate of drug-likeness (QED) is 0.741. The first kappa shape index (κ1) is 20.8. The highest BCUT2D eigenvalue weighted by molar-refractivity contribution is 6.01. The average Bonchev–Trinajstić information content (AvgIpc) is 3.36. The highest BCUT2D eigenvalue weighted by Gasteiger charge is 2.38. The molecule has 0 aromatic heterocycles. The molecule has 0 saturated carbocycles. The Morgan fingerprint density at radius 1 is 1.07 bits per heavy atom. The smallest absolute Gasteiger partial charge is 0.228 e. The van der Waals surface area contributed by atoms with Crippen LogP contribution in [0, 0.1) is 5.92 Å². The van der Waals surface area contributed by atoms with E-state index in [-0.39, 0.29) is 30.1 Å². The highest BCUT2D eigenvalue weighted by atomic mass is 16.2. The first-order chi connectivity index (χ1) is 14.5. The van der Waals surface area contributed by atoms with Gasteiger partial charge in [0, 0.05) is 63.5 Å². The van der Waals surface area contributed by atoms with Crippen molar-refractivity contribution >= 4 is 29.1 Å². The molecule has 0 unspecified atom stereocenters. The third-order valence-electron chi connectivity index (χ3n) is 6.57. The molecule has 3 amide bonds. The van der Waals surface area contributed by atoms with Gasteiger partial charge in [-0.3, -0.25) is 19.3 Å². The molecule has 0 radical (unpaired) electrons. The number of nitrogens with zero attached hydrogens (tertiary/aromatic N) is 4. The standard InChI is InChI=1S/C23H32N4O3/c1-3-8-24-10-12-25(13-11-24)23(30)18-15-22(29)27(16-18)19-5-6-20-17(14-19)7-9-26(20)21(28)4-2/h5-6,14,18H,3-4,7-13,15-16H2,1-2H3/t18-/m0/s1. The van der Waals surface area contributed by atoms with E-state index in [1.165, 1.54) is 0 Å². The van der Waals surface area contributed by atoms with E-state index in [1.54, 1.807) is 4.90 Å². The molecule has 4 rings (SSSR count). The van der Waals surface area contributed by atoms with Crippen molar-refractivity contribution in [2.75, 3.05) is 55.6 Å². The summed E-state index contributed by atoms with van der Waals surface area (Å²) in [7, 11) is 0. The van der Waals surface area contributed by atoms with Crippen LogP contribution < -0.4 is 9.80 Å². The van der Waals surface area contributed by atoms with E-state index in [1.807, 2.05) is 34.9 Å². The number of fused-ring (bicyclic) bond motifs is 1. The van der Waals surface area contributed by atoms with Crippen LogP contribution in [-0.4, -0.2) is 73.3 Å². The van der Waals surface area contributed by atoms with Gasteiger partial charge in [0.05, 0.1) is 5.92 Å². The van der Waals surface area contributed by atoms with E-state index in [0.29, 0.717) is 19.5 Å². The van der Waals surface area contributed by atoms with E-state index in [2.05, 4.69) is 11.8 Å². The third-order valence-corrected chi connectivity index (χ3v) is 6.57. The van der Waals surface area contributed by atoms with Gasteiger partial charge in [0.25, 0.3) is 0 Å². The van der Waals surface area contributed by atoms with Gasteiger partial charge in [0.15, 0.2) is 0 Å². The molecule has 1 aromatic carbocycles. The van der Waals surface area contributed by atoms with Gasteiger partial charge in [-0.05, 0) is 43.1 Å². The number of hydrogen-bond donors (Lipinski definition) is 0. The molecule has 2 saturated heterocycles. The fourth-order valence-corrected chi connectivity index (χ4v) is 4.89. The zero-order chi connectivity index (χ0) is 21.3. The maximum Gasteiger partial charge on any atom is 0.228 e. The van der Waals surface area contributed by atoms with E-state index < -0.39 is 0 Å². The second kappa shape index (κ2) is 8.76. The Balaban J connectivity index is 1.41. The highest BCUT2D eigenvalue weighted by Crippen LogP contribution is 2.34. The Morgan fingerprint density at radius 2 is 1.83 bits per heavy atom. The SMILES string of the molecule is CCCN1CCN(C(=O)[C@H]2CC(=O)N(c3ccc4c(c3)CCN4C(=O)CC)C2)CC1. The van der Waals surface area contributed by atoms with Gasteiger partial charge in [0.1, 0.15) is 0 Å². The Bertz CT molecular complexity index is 832. The van der Waals surface area contributed by atoms with Crippen molar-refractivity contribution < 1.29 is 14.4 Å². The number of benzene rings is 1. The first-order valence-corrected chi connectivity index (χ1v) is 11.3. The molecule has 3 aliphatic rings. The monoisotopic (exact) mass is 412 g/mol. The fourth-order valence-electron chi connectivity index (χ4n) is 4.89. The van der Waals surface area contributed by atoms with Crippen LogP contribution in [0.5, 0.6) is 0 Å². The summed E-state index contributed by atoms with van der Waals surface area (Å²) >= 11 is 0. The maximum atomic E-state index is 13.0. The van der Waals surface area contributed by atoms with Gasteiger partial charge in [-0.15, -0.1) is 0 Å². The molecule has 2 fully saturated rings. The van der Waals surface area contributed by atoms with Gasteiger partial charge < -0.3 is 14.7 Å². The average molecular weight is 413 g/mol. The predicted molar refractivity (Wildman–Crippen MR) is 117 cm³/mol. The molecule has 30 heavy (non-hydrogen) atoms. The Labute approximate surface area is 178 Å². The van der Waals surface area contributed by atoms with Crippen LogP contribution in [0.25, 0.3) is 0 Å². The summed E-state index contributed by atoms with van der Waals surface area (Å²) in [5.41, 5.74) is 2.89. The third kappa shape index (κ3) is 3.95. The van der Waals surface area contributed by atoms with Crippen molar-refractivity contribution in [3.8, 4) is 0 Å². The van der Waals surface area contributed by atoms with Gasteiger partial charge in [-0.1, -0.05) is 13.8 Å². The van der Waals surface area contributed by atoms with E-state index >= 15 is 0 Å². The van der Waals surface area contributed by atoms with Crippen LogP contribution in [0.15, 0.2) is 18.2 Å². The summed E-state index contributed by atoms with van der Waals surface area (Å²) < 4.78 is 0. The van der Waals surface area contributed by atoms with Crippen molar-refractivity contribution in [3.05, 3.63) is 23.8 Å². The maximum absolute atomic E-state index is 13.0. The summed E-state index contributed by atoms with van der Waals surface area (Å²) in [6.45, 7) is 9.62. The van der Waals surface area contributed by atoms with E-state index in [0.717, 1.165) is 62.5 Å². The molecule has 0 bridgehead atoms. The second-order valence-corrected chi connectivity index (χ2v) is 8.53. The number of hydrogen-bond acceptors (Lipinski definition) is 4. The lowest BCUT2D eigenvalue weighted by atomic mass is 10.1.